The SMILES string of the molecule is CCOc1ccc(C(=O)N2CCCN(C(=O)Cc3cccs3)CC2)cc1. The minimum Gasteiger partial charge on any atom is -0.494 e. The topological polar surface area (TPSA) is 49.9 Å². The summed E-state index contributed by atoms with van der Waals surface area (Å²) in [4.78, 5) is 30.0. The molecule has 26 heavy (non-hydrogen) atoms. The van der Waals surface area contributed by atoms with Crippen LogP contribution in [0.15, 0.2) is 41.8 Å². The van der Waals surface area contributed by atoms with Gasteiger partial charge in [0.2, 0.25) is 5.91 Å². The molecule has 2 heterocycles. The molecule has 1 aromatic carbocycles. The number of carbonyl (C=O) groups excluding carboxylic acids is 2. The molecule has 0 N–H and O–H groups in total. The van der Waals surface area contributed by atoms with Crippen molar-refractivity contribution in [1.82, 2.24) is 9.80 Å². The van der Waals surface area contributed by atoms with E-state index in [0.717, 1.165) is 17.0 Å². The van der Waals surface area contributed by atoms with E-state index in [-0.39, 0.29) is 11.8 Å². The number of carbonyl (C=O) groups is 2. The van der Waals surface area contributed by atoms with Crippen molar-refractivity contribution in [3.63, 3.8) is 0 Å². The van der Waals surface area contributed by atoms with Gasteiger partial charge < -0.3 is 14.5 Å². The lowest BCUT2D eigenvalue weighted by molar-refractivity contribution is -0.130. The number of thiophene rings is 1. The van der Waals surface area contributed by atoms with Crippen LogP contribution >= 0.6 is 11.3 Å². The molecule has 1 aromatic heterocycles. The molecule has 0 radical (unpaired) electrons. The summed E-state index contributed by atoms with van der Waals surface area (Å²) in [5.41, 5.74) is 0.659. The Bertz CT molecular complexity index is 728. The van der Waals surface area contributed by atoms with Crippen molar-refractivity contribution in [3.8, 4) is 5.75 Å². The maximum Gasteiger partial charge on any atom is 0.253 e. The summed E-state index contributed by atoms with van der Waals surface area (Å²) in [6, 6.07) is 11.2. The fourth-order valence-electron chi connectivity index (χ4n) is 3.09. The second-order valence-corrected chi connectivity index (χ2v) is 7.27. The summed E-state index contributed by atoms with van der Waals surface area (Å²) >= 11 is 1.61. The van der Waals surface area contributed by atoms with Crippen LogP contribution in [0.25, 0.3) is 0 Å². The quantitative estimate of drug-likeness (QED) is 0.810. The minimum absolute atomic E-state index is 0.0144. The van der Waals surface area contributed by atoms with Gasteiger partial charge in [-0.2, -0.15) is 0 Å². The van der Waals surface area contributed by atoms with Gasteiger partial charge in [-0.25, -0.2) is 0 Å². The van der Waals surface area contributed by atoms with Crippen LogP contribution in [-0.2, 0) is 11.2 Å². The number of amides is 2. The van der Waals surface area contributed by atoms with E-state index in [1.54, 1.807) is 23.5 Å². The molecule has 138 valence electrons. The van der Waals surface area contributed by atoms with Gasteiger partial charge in [0, 0.05) is 36.6 Å². The van der Waals surface area contributed by atoms with Crippen LogP contribution in [0.2, 0.25) is 0 Å². The molecule has 0 atom stereocenters. The number of hydrogen-bond donors (Lipinski definition) is 0. The monoisotopic (exact) mass is 372 g/mol. The maximum absolute atomic E-state index is 12.7. The number of nitrogens with zero attached hydrogens (tertiary/aromatic N) is 2. The summed E-state index contributed by atoms with van der Waals surface area (Å²) in [5, 5.41) is 1.99. The van der Waals surface area contributed by atoms with Crippen molar-refractivity contribution in [2.45, 2.75) is 19.8 Å². The van der Waals surface area contributed by atoms with Gasteiger partial charge >= 0.3 is 0 Å². The largest absolute Gasteiger partial charge is 0.494 e. The lowest BCUT2D eigenvalue weighted by Crippen LogP contribution is -2.37. The van der Waals surface area contributed by atoms with Crippen molar-refractivity contribution >= 4 is 23.2 Å². The molecule has 2 aromatic rings. The van der Waals surface area contributed by atoms with Gasteiger partial charge in [-0.1, -0.05) is 6.07 Å². The van der Waals surface area contributed by atoms with Crippen molar-refractivity contribution in [3.05, 3.63) is 52.2 Å². The van der Waals surface area contributed by atoms with Crippen molar-refractivity contribution in [1.29, 1.82) is 0 Å². The first-order valence-electron chi connectivity index (χ1n) is 8.99. The lowest BCUT2D eigenvalue weighted by Gasteiger charge is -2.22. The molecule has 0 spiro atoms. The lowest BCUT2D eigenvalue weighted by atomic mass is 10.2. The van der Waals surface area contributed by atoms with Crippen molar-refractivity contribution in [2.24, 2.45) is 0 Å². The third kappa shape index (κ3) is 4.64. The van der Waals surface area contributed by atoms with Gasteiger partial charge in [0.05, 0.1) is 13.0 Å². The predicted octanol–water partition coefficient (Wildman–Crippen LogP) is 3.06. The van der Waals surface area contributed by atoms with Crippen LogP contribution in [-0.4, -0.2) is 54.4 Å². The number of benzene rings is 1. The van der Waals surface area contributed by atoms with E-state index in [1.807, 2.05) is 46.4 Å². The Morgan fingerprint density at radius 3 is 2.46 bits per heavy atom. The Morgan fingerprint density at radius 2 is 1.77 bits per heavy atom. The third-order valence-corrected chi connectivity index (χ3v) is 5.33. The first-order chi connectivity index (χ1) is 12.7. The standard InChI is InChI=1S/C20H24N2O3S/c1-2-25-17-8-6-16(7-9-17)20(24)22-11-4-10-21(12-13-22)19(23)15-18-5-3-14-26-18/h3,5-9,14H,2,4,10-13,15H2,1H3. The first-order valence-corrected chi connectivity index (χ1v) is 9.87. The van der Waals surface area contributed by atoms with E-state index in [4.69, 9.17) is 4.74 Å². The molecule has 6 heteroatoms. The Kier molecular flexibility index (Phi) is 6.28. The molecule has 0 bridgehead atoms. The molecular weight excluding hydrogens is 348 g/mol. The van der Waals surface area contributed by atoms with Crippen molar-refractivity contribution < 1.29 is 14.3 Å². The second kappa shape index (κ2) is 8.85. The number of hydrogen-bond acceptors (Lipinski definition) is 4. The van der Waals surface area contributed by atoms with Gasteiger partial charge in [-0.15, -0.1) is 11.3 Å². The number of ether oxygens (including phenoxy) is 1. The van der Waals surface area contributed by atoms with Crippen LogP contribution in [0, 0.1) is 0 Å². The van der Waals surface area contributed by atoms with E-state index in [9.17, 15) is 9.59 Å². The van der Waals surface area contributed by atoms with E-state index in [1.165, 1.54) is 0 Å². The molecule has 0 unspecified atom stereocenters. The first kappa shape index (κ1) is 18.5. The predicted molar refractivity (Wildman–Crippen MR) is 103 cm³/mol. The van der Waals surface area contributed by atoms with E-state index >= 15 is 0 Å². The highest BCUT2D eigenvalue weighted by Gasteiger charge is 2.23. The summed E-state index contributed by atoms with van der Waals surface area (Å²) in [5.74, 6) is 0.925. The Morgan fingerprint density at radius 1 is 1.04 bits per heavy atom. The normalized spacial score (nSPS) is 14.8. The van der Waals surface area contributed by atoms with Gasteiger partial charge in [0.15, 0.2) is 0 Å². The molecule has 0 aliphatic carbocycles. The zero-order valence-electron chi connectivity index (χ0n) is 15.0. The average Bonchev–Trinajstić information content (AvgIpc) is 3.03. The summed E-state index contributed by atoms with van der Waals surface area (Å²) in [6.07, 6.45) is 1.25. The Hall–Kier alpha value is -2.34. The molecule has 1 aliphatic heterocycles. The molecule has 3 rings (SSSR count). The fraction of sp³-hybridized carbons (Fsp3) is 0.400. The van der Waals surface area contributed by atoms with E-state index < -0.39 is 0 Å². The molecule has 1 aliphatic rings. The zero-order valence-corrected chi connectivity index (χ0v) is 15.8. The van der Waals surface area contributed by atoms with Gasteiger partial charge in [-0.3, -0.25) is 9.59 Å². The van der Waals surface area contributed by atoms with Crippen LogP contribution in [0.3, 0.4) is 0 Å². The zero-order chi connectivity index (χ0) is 18.4. The number of rotatable bonds is 5. The van der Waals surface area contributed by atoms with Gasteiger partial charge in [-0.05, 0) is 49.1 Å². The minimum atomic E-state index is 0.0144. The van der Waals surface area contributed by atoms with Crippen LogP contribution in [0.1, 0.15) is 28.6 Å². The summed E-state index contributed by atoms with van der Waals surface area (Å²) in [7, 11) is 0. The van der Waals surface area contributed by atoms with E-state index in [2.05, 4.69) is 0 Å². The molecule has 0 saturated carbocycles. The highest BCUT2D eigenvalue weighted by atomic mass is 32.1. The smallest absolute Gasteiger partial charge is 0.253 e. The molecule has 2 amide bonds. The summed E-state index contributed by atoms with van der Waals surface area (Å²) in [6.45, 7) is 5.08. The second-order valence-electron chi connectivity index (χ2n) is 6.24. The molecule has 1 fully saturated rings. The highest BCUT2D eigenvalue weighted by molar-refractivity contribution is 7.10. The Balaban J connectivity index is 1.57. The average molecular weight is 372 g/mol. The highest BCUT2D eigenvalue weighted by Crippen LogP contribution is 2.16. The van der Waals surface area contributed by atoms with Crippen LogP contribution in [0.5, 0.6) is 5.75 Å². The van der Waals surface area contributed by atoms with Gasteiger partial charge in [0.1, 0.15) is 5.75 Å². The van der Waals surface area contributed by atoms with Crippen molar-refractivity contribution in [2.75, 3.05) is 32.8 Å². The molecule has 5 nitrogen and oxygen atoms in total. The van der Waals surface area contributed by atoms with Crippen LogP contribution in [0.4, 0.5) is 0 Å². The molecule has 1 saturated heterocycles. The fourth-order valence-corrected chi connectivity index (χ4v) is 3.78. The maximum atomic E-state index is 12.7. The molecular formula is C20H24N2O3S. The van der Waals surface area contributed by atoms with Crippen LogP contribution < -0.4 is 4.74 Å². The van der Waals surface area contributed by atoms with E-state index in [0.29, 0.717) is 44.8 Å². The third-order valence-electron chi connectivity index (χ3n) is 4.45. The van der Waals surface area contributed by atoms with Gasteiger partial charge in [0.25, 0.3) is 5.91 Å². The Labute approximate surface area is 158 Å². The summed E-state index contributed by atoms with van der Waals surface area (Å²) < 4.78 is 5.42.